The smallest absolute Gasteiger partial charge is 0.299 e. The average Bonchev–Trinajstić information content (AvgIpc) is 2.56. The van der Waals surface area contributed by atoms with Crippen LogP contribution < -0.4 is 10.6 Å². The van der Waals surface area contributed by atoms with E-state index in [9.17, 15) is 9.59 Å². The second-order valence-electron chi connectivity index (χ2n) is 4.56. The maximum absolute atomic E-state index is 11.9. The maximum Gasteiger partial charge on any atom is 0.299 e. The fourth-order valence-electron chi connectivity index (χ4n) is 2.10. The summed E-state index contributed by atoms with van der Waals surface area (Å²) in [6.07, 6.45) is 0. The summed E-state index contributed by atoms with van der Waals surface area (Å²) >= 11 is 0. The number of aryl methyl sites for hydroxylation is 1. The molecule has 0 bridgehead atoms. The van der Waals surface area contributed by atoms with Gasteiger partial charge in [0.05, 0.1) is 11.3 Å². The number of carbonyl (C=O) groups excluding carboxylic acids is 2. The molecule has 17 heavy (non-hydrogen) atoms. The van der Waals surface area contributed by atoms with Crippen LogP contribution in [0.4, 0.5) is 5.69 Å². The highest BCUT2D eigenvalue weighted by atomic mass is 16.2. The Morgan fingerprint density at radius 1 is 1.35 bits per heavy atom. The van der Waals surface area contributed by atoms with E-state index < -0.39 is 11.7 Å². The topological polar surface area (TPSA) is 63.4 Å². The third kappa shape index (κ3) is 1.85. The molecule has 1 atom stereocenters. The number of hydrogen-bond donors (Lipinski definition) is 1. The molecule has 1 aliphatic heterocycles. The van der Waals surface area contributed by atoms with Gasteiger partial charge >= 0.3 is 0 Å². The third-order valence-corrected chi connectivity index (χ3v) is 3.09. The van der Waals surface area contributed by atoms with Gasteiger partial charge in [-0.1, -0.05) is 19.1 Å². The Hall–Kier alpha value is -1.68. The number of Topliss-reactive ketones (excluding diaryl/α,β-unsaturated/α-hetero) is 1. The van der Waals surface area contributed by atoms with E-state index in [0.717, 1.165) is 11.3 Å². The minimum atomic E-state index is -0.436. The van der Waals surface area contributed by atoms with Gasteiger partial charge in [0.2, 0.25) is 0 Å². The highest BCUT2D eigenvalue weighted by molar-refractivity contribution is 6.52. The maximum atomic E-state index is 11.9. The predicted molar refractivity (Wildman–Crippen MR) is 66.1 cm³/mol. The van der Waals surface area contributed by atoms with Crippen LogP contribution in [0.3, 0.4) is 0 Å². The Morgan fingerprint density at radius 2 is 2.06 bits per heavy atom. The molecule has 1 heterocycles. The molecule has 2 rings (SSSR count). The van der Waals surface area contributed by atoms with Crippen molar-refractivity contribution in [2.45, 2.75) is 13.8 Å². The number of nitrogens with zero attached hydrogens (tertiary/aromatic N) is 1. The highest BCUT2D eigenvalue weighted by Gasteiger charge is 2.36. The summed E-state index contributed by atoms with van der Waals surface area (Å²) in [6, 6.07) is 5.41. The van der Waals surface area contributed by atoms with E-state index >= 15 is 0 Å². The number of carbonyl (C=O) groups is 2. The Balaban J connectivity index is 2.43. The van der Waals surface area contributed by atoms with Crippen molar-refractivity contribution in [2.24, 2.45) is 11.7 Å². The first-order chi connectivity index (χ1) is 8.06. The van der Waals surface area contributed by atoms with Crippen LogP contribution in [0.25, 0.3) is 0 Å². The fraction of sp³-hybridized carbons (Fsp3) is 0.385. The molecule has 0 aromatic heterocycles. The van der Waals surface area contributed by atoms with Crippen molar-refractivity contribution in [1.29, 1.82) is 0 Å². The van der Waals surface area contributed by atoms with Crippen LogP contribution in [0.1, 0.15) is 22.8 Å². The second-order valence-corrected chi connectivity index (χ2v) is 4.56. The molecule has 90 valence electrons. The number of rotatable bonds is 3. The van der Waals surface area contributed by atoms with Gasteiger partial charge in [0.15, 0.2) is 0 Å². The van der Waals surface area contributed by atoms with E-state index in [1.54, 1.807) is 17.0 Å². The van der Waals surface area contributed by atoms with Gasteiger partial charge in [0, 0.05) is 6.54 Å². The molecule has 2 N–H and O–H groups in total. The molecule has 1 amide bonds. The summed E-state index contributed by atoms with van der Waals surface area (Å²) < 4.78 is 0. The number of para-hydroxylation sites is 1. The van der Waals surface area contributed by atoms with Gasteiger partial charge in [-0.05, 0) is 31.0 Å². The van der Waals surface area contributed by atoms with Crippen LogP contribution >= 0.6 is 0 Å². The number of amides is 1. The van der Waals surface area contributed by atoms with E-state index in [0.29, 0.717) is 18.7 Å². The average molecular weight is 232 g/mol. The molecular formula is C13H16N2O2. The van der Waals surface area contributed by atoms with Gasteiger partial charge in [0.1, 0.15) is 0 Å². The van der Waals surface area contributed by atoms with Crippen LogP contribution in [0.5, 0.6) is 0 Å². The lowest BCUT2D eigenvalue weighted by molar-refractivity contribution is -0.114. The standard InChI is InChI=1S/C13H16N2O2/c1-8(6-14)7-15-11-9(2)4-3-5-10(11)12(16)13(15)17/h3-5,8H,6-7,14H2,1-2H3. The zero-order chi connectivity index (χ0) is 12.6. The largest absolute Gasteiger partial charge is 0.330 e. The van der Waals surface area contributed by atoms with E-state index in [2.05, 4.69) is 0 Å². The quantitative estimate of drug-likeness (QED) is 0.794. The molecule has 1 aliphatic rings. The predicted octanol–water partition coefficient (Wildman–Crippen LogP) is 1.12. The number of ketones is 1. The number of nitrogens with two attached hydrogens (primary N) is 1. The fourth-order valence-corrected chi connectivity index (χ4v) is 2.10. The van der Waals surface area contributed by atoms with Crippen LogP contribution in [-0.4, -0.2) is 24.8 Å². The molecule has 4 nitrogen and oxygen atoms in total. The molecular weight excluding hydrogens is 216 g/mol. The third-order valence-electron chi connectivity index (χ3n) is 3.09. The number of anilines is 1. The van der Waals surface area contributed by atoms with Crippen LogP contribution in [0, 0.1) is 12.8 Å². The van der Waals surface area contributed by atoms with Crippen molar-refractivity contribution in [3.8, 4) is 0 Å². The van der Waals surface area contributed by atoms with E-state index in [1.807, 2.05) is 19.9 Å². The first-order valence-electron chi connectivity index (χ1n) is 5.72. The Kier molecular flexibility index (Phi) is 2.98. The van der Waals surface area contributed by atoms with Gasteiger partial charge in [-0.25, -0.2) is 0 Å². The zero-order valence-corrected chi connectivity index (χ0v) is 10.1. The van der Waals surface area contributed by atoms with E-state index in [1.165, 1.54) is 0 Å². The molecule has 1 unspecified atom stereocenters. The van der Waals surface area contributed by atoms with Crippen molar-refractivity contribution in [3.63, 3.8) is 0 Å². The molecule has 1 aromatic rings. The number of benzene rings is 1. The Bertz CT molecular complexity index is 482. The lowest BCUT2D eigenvalue weighted by Gasteiger charge is -2.21. The first kappa shape index (κ1) is 11.8. The minimum absolute atomic E-state index is 0.178. The molecule has 1 aromatic carbocycles. The second kappa shape index (κ2) is 4.30. The SMILES string of the molecule is Cc1cccc2c1N(CC(C)CN)C(=O)C2=O. The van der Waals surface area contributed by atoms with Crippen molar-refractivity contribution >= 4 is 17.4 Å². The molecule has 4 heteroatoms. The molecule has 0 aliphatic carbocycles. The van der Waals surface area contributed by atoms with Gasteiger partial charge in [-0.15, -0.1) is 0 Å². The monoisotopic (exact) mass is 232 g/mol. The van der Waals surface area contributed by atoms with Gasteiger partial charge in [-0.3, -0.25) is 9.59 Å². The first-order valence-corrected chi connectivity index (χ1v) is 5.72. The molecule has 0 saturated carbocycles. The number of hydrogen-bond acceptors (Lipinski definition) is 3. The van der Waals surface area contributed by atoms with E-state index in [4.69, 9.17) is 5.73 Å². The van der Waals surface area contributed by atoms with Crippen LogP contribution in [0.2, 0.25) is 0 Å². The lowest BCUT2D eigenvalue weighted by Crippen LogP contribution is -2.36. The Labute approximate surface area is 100 Å². The molecule has 0 spiro atoms. The van der Waals surface area contributed by atoms with Gasteiger partial charge < -0.3 is 10.6 Å². The number of fused-ring (bicyclic) bond motifs is 1. The summed E-state index contributed by atoms with van der Waals surface area (Å²) in [7, 11) is 0. The highest BCUT2D eigenvalue weighted by Crippen LogP contribution is 2.32. The Morgan fingerprint density at radius 3 is 2.71 bits per heavy atom. The van der Waals surface area contributed by atoms with Crippen molar-refractivity contribution in [2.75, 3.05) is 18.0 Å². The molecule has 0 fully saturated rings. The molecule has 0 radical (unpaired) electrons. The summed E-state index contributed by atoms with van der Waals surface area (Å²) in [6.45, 7) is 4.87. The van der Waals surface area contributed by atoms with Crippen molar-refractivity contribution < 1.29 is 9.59 Å². The van der Waals surface area contributed by atoms with Crippen molar-refractivity contribution in [1.82, 2.24) is 0 Å². The zero-order valence-electron chi connectivity index (χ0n) is 10.1. The van der Waals surface area contributed by atoms with Gasteiger partial charge in [0.25, 0.3) is 11.7 Å². The molecule has 0 saturated heterocycles. The minimum Gasteiger partial charge on any atom is -0.330 e. The van der Waals surface area contributed by atoms with Gasteiger partial charge in [-0.2, -0.15) is 0 Å². The van der Waals surface area contributed by atoms with Crippen molar-refractivity contribution in [3.05, 3.63) is 29.3 Å². The summed E-state index contributed by atoms with van der Waals surface area (Å²) in [5.41, 5.74) is 7.78. The van der Waals surface area contributed by atoms with Crippen LogP contribution in [-0.2, 0) is 4.79 Å². The summed E-state index contributed by atoms with van der Waals surface area (Å²) in [5.74, 6) is -0.667. The normalized spacial score (nSPS) is 16.3. The summed E-state index contributed by atoms with van der Waals surface area (Å²) in [5, 5.41) is 0. The van der Waals surface area contributed by atoms with E-state index in [-0.39, 0.29) is 5.92 Å². The van der Waals surface area contributed by atoms with Crippen LogP contribution in [0.15, 0.2) is 18.2 Å². The summed E-state index contributed by atoms with van der Waals surface area (Å²) in [4.78, 5) is 25.3. The lowest BCUT2D eigenvalue weighted by atomic mass is 10.1.